The van der Waals surface area contributed by atoms with Gasteiger partial charge in [0.1, 0.15) is 0 Å². The first-order chi connectivity index (χ1) is 32.9. The van der Waals surface area contributed by atoms with Crippen molar-refractivity contribution in [1.29, 1.82) is 0 Å². The maximum Gasteiger partial charge on any atom is 0.314 e. The van der Waals surface area contributed by atoms with Gasteiger partial charge < -0.3 is 19.7 Å². The second kappa shape index (κ2) is 26.3. The minimum atomic E-state index is -1.09. The van der Waals surface area contributed by atoms with Gasteiger partial charge in [0.15, 0.2) is 34.7 Å². The lowest BCUT2D eigenvalue weighted by Gasteiger charge is -2.36. The Hall–Kier alpha value is -4.39. The number of rotatable bonds is 8. The molecule has 0 bridgehead atoms. The summed E-state index contributed by atoms with van der Waals surface area (Å²) in [6, 6.07) is 8.24. The summed E-state index contributed by atoms with van der Waals surface area (Å²) < 4.78 is 97.2. The summed E-state index contributed by atoms with van der Waals surface area (Å²) in [4.78, 5) is 36.6. The molecule has 3 aromatic carbocycles. The normalized spacial score (nSPS) is 27.8. The van der Waals surface area contributed by atoms with E-state index < -0.39 is 52.8 Å². The van der Waals surface area contributed by atoms with Crippen LogP contribution >= 0.6 is 0 Å². The number of halogens is 6. The summed E-state index contributed by atoms with van der Waals surface area (Å²) in [6.45, 7) is 11.2. The van der Waals surface area contributed by atoms with Gasteiger partial charge in [0.05, 0.1) is 17.8 Å². The molecule has 13 heteroatoms. The van der Waals surface area contributed by atoms with Gasteiger partial charge in [0, 0.05) is 5.71 Å². The zero-order chi connectivity index (χ0) is 49.9. The van der Waals surface area contributed by atoms with E-state index in [0.717, 1.165) is 101 Å². The second-order valence-electron chi connectivity index (χ2n) is 21.5. The van der Waals surface area contributed by atoms with E-state index in [1.807, 2.05) is 0 Å². The molecule has 0 heterocycles. The van der Waals surface area contributed by atoms with E-state index in [4.69, 9.17) is 14.2 Å². The number of hydrogen-bond donors (Lipinski definition) is 0. The van der Waals surface area contributed by atoms with Crippen molar-refractivity contribution in [1.82, 2.24) is 0 Å². The van der Waals surface area contributed by atoms with Crippen LogP contribution in [0.2, 0.25) is 0 Å². The molecule has 5 fully saturated rings. The van der Waals surface area contributed by atoms with Crippen LogP contribution < -0.4 is 14.2 Å². The molecule has 5 aliphatic carbocycles. The van der Waals surface area contributed by atoms with Gasteiger partial charge in [0.2, 0.25) is 17.5 Å². The zero-order valence-electron chi connectivity index (χ0n) is 42.1. The molecule has 0 amide bonds. The van der Waals surface area contributed by atoms with Crippen LogP contribution in [-0.4, -0.2) is 23.4 Å². The summed E-state index contributed by atoms with van der Waals surface area (Å²) >= 11 is 0. The predicted octanol–water partition coefficient (Wildman–Crippen LogP) is 15.8. The lowest BCUT2D eigenvalue weighted by Crippen LogP contribution is -2.30. The van der Waals surface area contributed by atoms with Crippen molar-refractivity contribution in [2.45, 2.75) is 170 Å². The number of carbonyl (C=O) groups is 3. The third-order valence-electron chi connectivity index (χ3n) is 16.4. The quantitative estimate of drug-likeness (QED) is 0.126. The fourth-order valence-electron chi connectivity index (χ4n) is 11.4. The molecule has 0 unspecified atom stereocenters. The number of ether oxygens (including phenoxy) is 3. The molecular weight excluding hydrogens is 911 g/mol. The topological polar surface area (TPSA) is 110 Å². The molecule has 5 saturated carbocycles. The number of esters is 3. The fourth-order valence-corrected chi connectivity index (χ4v) is 11.4. The Morgan fingerprint density at radius 1 is 0.357 bits per heavy atom. The summed E-state index contributed by atoms with van der Waals surface area (Å²) in [5.41, 5.74) is 0.614. The molecule has 2 N–H and O–H groups in total. The van der Waals surface area contributed by atoms with Crippen LogP contribution in [0.4, 0.5) is 26.3 Å². The molecule has 0 saturated heterocycles. The van der Waals surface area contributed by atoms with Crippen molar-refractivity contribution < 1.29 is 66.1 Å². The van der Waals surface area contributed by atoms with Crippen molar-refractivity contribution in [3.05, 3.63) is 88.0 Å². The van der Waals surface area contributed by atoms with E-state index in [-0.39, 0.29) is 62.9 Å². The van der Waals surface area contributed by atoms with Gasteiger partial charge in [-0.25, -0.2) is 13.2 Å². The molecular formula is C57H84F6O7. The Balaban J connectivity index is 0.000000542. The maximum atomic E-state index is 13.9. The van der Waals surface area contributed by atoms with Crippen molar-refractivity contribution >= 4 is 17.9 Å². The number of hydrogen-bond acceptors (Lipinski definition) is 6. The van der Waals surface area contributed by atoms with E-state index in [2.05, 4.69) is 20.8 Å². The third kappa shape index (κ3) is 15.1. The average Bonchev–Trinajstić information content (AvgIpc) is 3.35. The highest BCUT2D eigenvalue weighted by atomic mass is 19.2. The van der Waals surface area contributed by atoms with Crippen LogP contribution in [0.1, 0.15) is 172 Å². The molecule has 0 spiro atoms. The van der Waals surface area contributed by atoms with Crippen LogP contribution in [-0.2, 0) is 14.4 Å². The van der Waals surface area contributed by atoms with Crippen LogP contribution in [0, 0.1) is 115 Å². The van der Waals surface area contributed by atoms with E-state index in [1.165, 1.54) is 109 Å². The largest absolute Gasteiger partial charge is 0.423 e. The van der Waals surface area contributed by atoms with E-state index in [1.54, 1.807) is 0 Å². The van der Waals surface area contributed by atoms with Gasteiger partial charge in [-0.15, -0.1) is 0 Å². The maximum absolute atomic E-state index is 13.9. The summed E-state index contributed by atoms with van der Waals surface area (Å²) in [5.74, 6) is -3.48. The number of benzene rings is 3. The van der Waals surface area contributed by atoms with Gasteiger partial charge >= 0.3 is 17.9 Å². The second-order valence-corrected chi connectivity index (χ2v) is 21.5. The van der Waals surface area contributed by atoms with Crippen LogP contribution in [0.15, 0.2) is 36.4 Å². The Bertz CT molecular complexity index is 2110. The van der Waals surface area contributed by atoms with Crippen molar-refractivity contribution in [2.75, 3.05) is 0 Å². The lowest BCUT2D eigenvalue weighted by molar-refractivity contribution is -0.141. The van der Waals surface area contributed by atoms with E-state index in [9.17, 15) is 40.7 Å². The SMILES string of the molecule is Cc1ccc(OC(=O)C2CCC(C)CC2)c(F)c1F.Cc1ccc(OC(=O)C2CCC(C3CCC(C)CC3)CC2)c(F)c1F.Cc1ccc(OC(=O)C2CCC(C3CCC(C)CC3)CC2)c(F)c1F.O.[HH].[HH].[HH].[HH]. The van der Waals surface area contributed by atoms with Gasteiger partial charge in [-0.3, -0.25) is 14.4 Å². The molecule has 0 atom stereocenters. The van der Waals surface area contributed by atoms with Gasteiger partial charge in [-0.1, -0.05) is 64.7 Å². The highest BCUT2D eigenvalue weighted by Gasteiger charge is 2.35. The molecule has 70 heavy (non-hydrogen) atoms. The molecule has 396 valence electrons. The Kier molecular flexibility index (Phi) is 21.3. The van der Waals surface area contributed by atoms with Crippen LogP contribution in [0.5, 0.6) is 17.2 Å². The standard InChI is InChI=1S/2C21H28F2O2.C15H18F2O2.H2O.4H2/c2*1-13-3-6-15(7-4-13)16-8-10-17(11-9-16)21(24)25-18-12-5-14(2)19(22)20(18)23;1-9-3-6-11(7-4-9)15(18)19-12-8-5-10(2)13(16)14(12)17;;;;;/h2*5,12-13,15-17H,3-4,6-11H2,1-2H3;5,8-9,11H,3-4,6-7H2,1-2H3;1H2;4*1H. The molecule has 5 aliphatic rings. The highest BCUT2D eigenvalue weighted by Crippen LogP contribution is 2.43. The Morgan fingerprint density at radius 2 is 0.557 bits per heavy atom. The molecule has 0 aromatic heterocycles. The first kappa shape index (κ1) is 56.5. The Labute approximate surface area is 417 Å². The number of aryl methyl sites for hydroxylation is 3. The number of carbonyl (C=O) groups excluding carboxylic acids is 3. The first-order valence-electron chi connectivity index (χ1n) is 25.9. The van der Waals surface area contributed by atoms with Gasteiger partial charge in [0.25, 0.3) is 0 Å². The fraction of sp³-hybridized carbons (Fsp3) is 0.632. The minimum absolute atomic E-state index is 0. The lowest BCUT2D eigenvalue weighted by atomic mass is 9.69. The first-order valence-corrected chi connectivity index (χ1v) is 25.9. The van der Waals surface area contributed by atoms with Crippen molar-refractivity contribution in [3.8, 4) is 17.2 Å². The third-order valence-corrected chi connectivity index (χ3v) is 16.4. The van der Waals surface area contributed by atoms with E-state index >= 15 is 0 Å². The zero-order valence-corrected chi connectivity index (χ0v) is 42.1. The molecule has 8 rings (SSSR count). The van der Waals surface area contributed by atoms with Crippen LogP contribution in [0.3, 0.4) is 0 Å². The van der Waals surface area contributed by atoms with Crippen LogP contribution in [0.25, 0.3) is 0 Å². The van der Waals surface area contributed by atoms with Gasteiger partial charge in [-0.2, -0.15) is 13.2 Å². The predicted molar refractivity (Wildman–Crippen MR) is 267 cm³/mol. The van der Waals surface area contributed by atoms with E-state index in [0.29, 0.717) is 17.8 Å². The monoisotopic (exact) mass is 995 g/mol. The Morgan fingerprint density at radius 3 is 0.800 bits per heavy atom. The average molecular weight is 995 g/mol. The summed E-state index contributed by atoms with van der Waals surface area (Å²) in [7, 11) is 0. The smallest absolute Gasteiger partial charge is 0.314 e. The van der Waals surface area contributed by atoms with Crippen molar-refractivity contribution in [2.24, 2.45) is 59.2 Å². The highest BCUT2D eigenvalue weighted by molar-refractivity contribution is 5.76. The molecule has 7 nitrogen and oxygen atoms in total. The van der Waals surface area contributed by atoms with Crippen molar-refractivity contribution in [3.63, 3.8) is 0 Å². The minimum Gasteiger partial charge on any atom is -0.423 e. The molecule has 0 radical (unpaired) electrons. The summed E-state index contributed by atoms with van der Waals surface area (Å²) in [6.07, 6.45) is 21.4. The molecule has 0 aliphatic heterocycles. The molecule has 3 aromatic rings. The van der Waals surface area contributed by atoms with Gasteiger partial charge in [-0.05, 0) is 200 Å². The summed E-state index contributed by atoms with van der Waals surface area (Å²) in [5, 5.41) is 0.